The van der Waals surface area contributed by atoms with E-state index in [1.165, 1.54) is 6.07 Å². The third-order valence-electron chi connectivity index (χ3n) is 3.73. The molecule has 0 radical (unpaired) electrons. The van der Waals surface area contributed by atoms with Gasteiger partial charge in [0, 0.05) is 43.9 Å². The van der Waals surface area contributed by atoms with E-state index in [-0.39, 0.29) is 5.82 Å². The van der Waals surface area contributed by atoms with Gasteiger partial charge in [-0.1, -0.05) is 17.7 Å². The van der Waals surface area contributed by atoms with Gasteiger partial charge in [-0.2, -0.15) is 0 Å². The van der Waals surface area contributed by atoms with Crippen molar-refractivity contribution in [3.63, 3.8) is 0 Å². The summed E-state index contributed by atoms with van der Waals surface area (Å²) in [6.45, 7) is 4.27. The molecule has 0 amide bonds. The van der Waals surface area contributed by atoms with Gasteiger partial charge in [0.25, 0.3) is 0 Å². The maximum atomic E-state index is 13.9. The second-order valence-corrected chi connectivity index (χ2v) is 5.62. The van der Waals surface area contributed by atoms with Crippen molar-refractivity contribution in [2.24, 2.45) is 0 Å². The van der Waals surface area contributed by atoms with Crippen LogP contribution in [0.25, 0.3) is 0 Å². The molecule has 2 heterocycles. The number of benzene rings is 1. The van der Waals surface area contributed by atoms with Crippen LogP contribution >= 0.6 is 11.6 Å². The molecule has 5 heteroatoms. The highest BCUT2D eigenvalue weighted by molar-refractivity contribution is 6.30. The SMILES string of the molecule is Fc1cc(Cl)ccc1N1CCN(Cc2ccccn2)CC1. The van der Waals surface area contributed by atoms with E-state index >= 15 is 0 Å². The number of rotatable bonds is 3. The van der Waals surface area contributed by atoms with Gasteiger partial charge in [-0.3, -0.25) is 9.88 Å². The molecule has 1 saturated heterocycles. The van der Waals surface area contributed by atoms with Crippen LogP contribution in [-0.2, 0) is 6.54 Å². The Labute approximate surface area is 129 Å². The number of anilines is 1. The van der Waals surface area contributed by atoms with Crippen LogP contribution in [0, 0.1) is 5.82 Å². The Kier molecular flexibility index (Phi) is 4.36. The van der Waals surface area contributed by atoms with Crippen molar-refractivity contribution < 1.29 is 4.39 Å². The van der Waals surface area contributed by atoms with E-state index in [1.54, 1.807) is 12.1 Å². The van der Waals surface area contributed by atoms with Gasteiger partial charge in [0.05, 0.1) is 11.4 Å². The van der Waals surface area contributed by atoms with Crippen molar-refractivity contribution in [3.8, 4) is 0 Å². The predicted molar refractivity (Wildman–Crippen MR) is 83.1 cm³/mol. The zero-order valence-corrected chi connectivity index (χ0v) is 12.4. The van der Waals surface area contributed by atoms with E-state index in [9.17, 15) is 4.39 Å². The minimum Gasteiger partial charge on any atom is -0.367 e. The Bertz CT molecular complexity index is 598. The van der Waals surface area contributed by atoms with E-state index < -0.39 is 0 Å². The molecule has 1 aliphatic heterocycles. The van der Waals surface area contributed by atoms with Crippen LogP contribution in [-0.4, -0.2) is 36.1 Å². The van der Waals surface area contributed by atoms with Crippen molar-refractivity contribution in [3.05, 3.63) is 59.1 Å². The zero-order chi connectivity index (χ0) is 14.7. The van der Waals surface area contributed by atoms with Crippen LogP contribution in [0.1, 0.15) is 5.69 Å². The smallest absolute Gasteiger partial charge is 0.147 e. The topological polar surface area (TPSA) is 19.4 Å². The lowest BCUT2D eigenvalue weighted by molar-refractivity contribution is 0.246. The van der Waals surface area contributed by atoms with Crippen molar-refractivity contribution in [1.82, 2.24) is 9.88 Å². The Morgan fingerprint density at radius 1 is 1.10 bits per heavy atom. The van der Waals surface area contributed by atoms with Crippen LogP contribution in [0.5, 0.6) is 0 Å². The zero-order valence-electron chi connectivity index (χ0n) is 11.7. The van der Waals surface area contributed by atoms with Gasteiger partial charge in [-0.05, 0) is 30.3 Å². The summed E-state index contributed by atoms with van der Waals surface area (Å²) in [6, 6.07) is 10.8. The predicted octanol–water partition coefficient (Wildman–Crippen LogP) is 3.20. The van der Waals surface area contributed by atoms with E-state index in [4.69, 9.17) is 11.6 Å². The van der Waals surface area contributed by atoms with Gasteiger partial charge >= 0.3 is 0 Å². The van der Waals surface area contributed by atoms with E-state index in [0.717, 1.165) is 38.4 Å². The molecule has 1 aliphatic rings. The van der Waals surface area contributed by atoms with E-state index in [2.05, 4.69) is 14.8 Å². The summed E-state index contributed by atoms with van der Waals surface area (Å²) in [6.07, 6.45) is 1.81. The molecule has 3 rings (SSSR count). The third kappa shape index (κ3) is 3.52. The highest BCUT2D eigenvalue weighted by atomic mass is 35.5. The molecule has 1 aromatic heterocycles. The number of halogens is 2. The number of hydrogen-bond donors (Lipinski definition) is 0. The van der Waals surface area contributed by atoms with Gasteiger partial charge in [0.2, 0.25) is 0 Å². The number of aromatic nitrogens is 1. The Morgan fingerprint density at radius 2 is 1.90 bits per heavy atom. The van der Waals surface area contributed by atoms with Gasteiger partial charge < -0.3 is 4.90 Å². The third-order valence-corrected chi connectivity index (χ3v) is 3.97. The van der Waals surface area contributed by atoms with Gasteiger partial charge in [-0.25, -0.2) is 4.39 Å². The van der Waals surface area contributed by atoms with Crippen molar-refractivity contribution in [1.29, 1.82) is 0 Å². The first-order chi connectivity index (χ1) is 10.2. The summed E-state index contributed by atoms with van der Waals surface area (Å²) in [5.41, 5.74) is 1.71. The fraction of sp³-hybridized carbons (Fsp3) is 0.312. The van der Waals surface area contributed by atoms with Gasteiger partial charge in [0.1, 0.15) is 5.82 Å². The highest BCUT2D eigenvalue weighted by Gasteiger charge is 2.19. The van der Waals surface area contributed by atoms with Crippen LogP contribution in [0.3, 0.4) is 0 Å². The standard InChI is InChI=1S/C16H17ClFN3/c17-13-4-5-16(15(18)11-13)21-9-7-20(8-10-21)12-14-3-1-2-6-19-14/h1-6,11H,7-10,12H2. The van der Waals surface area contributed by atoms with Gasteiger partial charge in [0.15, 0.2) is 0 Å². The number of hydrogen-bond acceptors (Lipinski definition) is 3. The highest BCUT2D eigenvalue weighted by Crippen LogP contribution is 2.24. The molecule has 0 aliphatic carbocycles. The summed E-state index contributed by atoms with van der Waals surface area (Å²) >= 11 is 5.80. The molecule has 110 valence electrons. The first kappa shape index (κ1) is 14.3. The fourth-order valence-corrected chi connectivity index (χ4v) is 2.76. The second-order valence-electron chi connectivity index (χ2n) is 5.18. The number of piperazine rings is 1. The lowest BCUT2D eigenvalue weighted by atomic mass is 10.2. The van der Waals surface area contributed by atoms with E-state index in [0.29, 0.717) is 10.7 Å². The summed E-state index contributed by atoms with van der Waals surface area (Å²) in [5.74, 6) is -0.249. The summed E-state index contributed by atoms with van der Waals surface area (Å²) in [7, 11) is 0. The first-order valence-electron chi connectivity index (χ1n) is 7.04. The molecule has 0 saturated carbocycles. The first-order valence-corrected chi connectivity index (χ1v) is 7.42. The molecule has 0 unspecified atom stereocenters. The van der Waals surface area contributed by atoms with Gasteiger partial charge in [-0.15, -0.1) is 0 Å². The summed E-state index contributed by atoms with van der Waals surface area (Å²) < 4.78 is 13.9. The lowest BCUT2D eigenvalue weighted by Gasteiger charge is -2.36. The van der Waals surface area contributed by atoms with Crippen LogP contribution < -0.4 is 4.90 Å². The molecule has 0 N–H and O–H groups in total. The Hall–Kier alpha value is -1.65. The van der Waals surface area contributed by atoms with Crippen LogP contribution in [0.4, 0.5) is 10.1 Å². The molecule has 0 spiro atoms. The molecular weight excluding hydrogens is 289 g/mol. The maximum absolute atomic E-state index is 13.9. The largest absolute Gasteiger partial charge is 0.367 e. The number of pyridine rings is 1. The molecule has 0 atom stereocenters. The molecule has 0 bridgehead atoms. The maximum Gasteiger partial charge on any atom is 0.147 e. The quantitative estimate of drug-likeness (QED) is 0.868. The Balaban J connectivity index is 1.60. The normalized spacial score (nSPS) is 16.2. The van der Waals surface area contributed by atoms with Crippen LogP contribution in [0.2, 0.25) is 5.02 Å². The summed E-state index contributed by atoms with van der Waals surface area (Å²) in [4.78, 5) is 8.75. The van der Waals surface area contributed by atoms with Crippen molar-refractivity contribution in [2.75, 3.05) is 31.1 Å². The van der Waals surface area contributed by atoms with E-state index in [1.807, 2.05) is 24.4 Å². The average molecular weight is 306 g/mol. The molecule has 1 fully saturated rings. The molecule has 3 nitrogen and oxygen atoms in total. The molecular formula is C16H17ClFN3. The fourth-order valence-electron chi connectivity index (χ4n) is 2.61. The Morgan fingerprint density at radius 3 is 2.57 bits per heavy atom. The molecule has 1 aromatic carbocycles. The number of nitrogens with zero attached hydrogens (tertiary/aromatic N) is 3. The second kappa shape index (κ2) is 6.41. The van der Waals surface area contributed by atoms with Crippen LogP contribution in [0.15, 0.2) is 42.6 Å². The lowest BCUT2D eigenvalue weighted by Crippen LogP contribution is -2.46. The minimum absolute atomic E-state index is 0.249. The van der Waals surface area contributed by atoms with Crippen molar-refractivity contribution in [2.45, 2.75) is 6.54 Å². The van der Waals surface area contributed by atoms with Crippen molar-refractivity contribution >= 4 is 17.3 Å². The summed E-state index contributed by atoms with van der Waals surface area (Å²) in [5, 5.41) is 0.435. The average Bonchev–Trinajstić information content (AvgIpc) is 2.49. The monoisotopic (exact) mass is 305 g/mol. The minimum atomic E-state index is -0.249. The molecule has 21 heavy (non-hydrogen) atoms. The molecule has 2 aromatic rings.